The van der Waals surface area contributed by atoms with E-state index in [-0.39, 0.29) is 12.3 Å². The maximum absolute atomic E-state index is 10.8. The summed E-state index contributed by atoms with van der Waals surface area (Å²) in [5, 5.41) is 79.6. The van der Waals surface area contributed by atoms with Crippen molar-refractivity contribution in [3.05, 3.63) is 12.2 Å². The van der Waals surface area contributed by atoms with Gasteiger partial charge in [0.1, 0.15) is 48.8 Å². The van der Waals surface area contributed by atoms with Crippen LogP contribution in [0.2, 0.25) is 0 Å². The van der Waals surface area contributed by atoms with Crippen molar-refractivity contribution in [3.8, 4) is 0 Å². The van der Waals surface area contributed by atoms with Crippen LogP contribution in [0.25, 0.3) is 0 Å². The molecular formula is C29H52O12. The second-order valence-corrected chi connectivity index (χ2v) is 11.4. The molecule has 12 nitrogen and oxygen atoms in total. The highest BCUT2D eigenvalue weighted by atomic mass is 16.7. The molecule has 2 aliphatic heterocycles. The Morgan fingerprint density at radius 3 is 1.88 bits per heavy atom. The minimum atomic E-state index is -1.67. The number of ether oxygens (including phenoxy) is 3. The lowest BCUT2D eigenvalue weighted by Crippen LogP contribution is -2.65. The van der Waals surface area contributed by atoms with E-state index in [1.54, 1.807) is 0 Å². The van der Waals surface area contributed by atoms with E-state index in [9.17, 15) is 40.5 Å². The third-order valence-electron chi connectivity index (χ3n) is 8.06. The number of rotatable bonds is 19. The zero-order chi connectivity index (χ0) is 30.4. The fourth-order valence-electron chi connectivity index (χ4n) is 5.44. The Morgan fingerprint density at radius 1 is 0.732 bits per heavy atom. The van der Waals surface area contributed by atoms with E-state index in [1.807, 2.05) is 6.92 Å². The highest BCUT2D eigenvalue weighted by Crippen LogP contribution is 2.33. The van der Waals surface area contributed by atoms with Crippen molar-refractivity contribution < 1.29 is 59.9 Å². The summed E-state index contributed by atoms with van der Waals surface area (Å²) in [6.07, 6.45) is 1.72. The molecule has 2 aliphatic rings. The number of carboxylic acids is 1. The zero-order valence-electron chi connectivity index (χ0n) is 24.1. The fraction of sp³-hybridized carbons (Fsp3) is 0.897. The Labute approximate surface area is 242 Å². The smallest absolute Gasteiger partial charge is 0.303 e. The fourth-order valence-corrected chi connectivity index (χ4v) is 5.44. The average Bonchev–Trinajstić information content (AvgIpc) is 2.95. The summed E-state index contributed by atoms with van der Waals surface area (Å²) >= 11 is 0. The van der Waals surface area contributed by atoms with Gasteiger partial charge in [-0.05, 0) is 44.4 Å². The van der Waals surface area contributed by atoms with Crippen LogP contribution in [-0.2, 0) is 19.0 Å². The van der Waals surface area contributed by atoms with Crippen LogP contribution in [0, 0.1) is 5.92 Å². The van der Waals surface area contributed by atoms with E-state index in [1.165, 1.54) is 0 Å². The van der Waals surface area contributed by atoms with E-state index < -0.39 is 80.4 Å². The van der Waals surface area contributed by atoms with Gasteiger partial charge in [-0.15, -0.1) is 0 Å². The first-order valence-corrected chi connectivity index (χ1v) is 15.1. The Hall–Kier alpha value is -1.19. The van der Waals surface area contributed by atoms with Gasteiger partial charge in [0.05, 0.1) is 19.3 Å². The first kappa shape index (κ1) is 36.0. The van der Waals surface area contributed by atoms with Gasteiger partial charge in [-0.25, -0.2) is 0 Å². The Bertz CT molecular complexity index is 749. The van der Waals surface area contributed by atoms with Crippen LogP contribution in [0.5, 0.6) is 0 Å². The monoisotopic (exact) mass is 592 g/mol. The molecule has 0 aliphatic carbocycles. The lowest BCUT2D eigenvalue weighted by atomic mass is 9.86. The third-order valence-corrected chi connectivity index (χ3v) is 8.06. The second kappa shape index (κ2) is 19.2. The van der Waals surface area contributed by atoms with Crippen LogP contribution < -0.4 is 0 Å². The predicted molar refractivity (Wildman–Crippen MR) is 148 cm³/mol. The van der Waals surface area contributed by atoms with Gasteiger partial charge in [-0.3, -0.25) is 4.79 Å². The molecule has 2 rings (SSSR count). The maximum Gasteiger partial charge on any atom is 0.303 e. The summed E-state index contributed by atoms with van der Waals surface area (Å²) in [7, 11) is 0. The largest absolute Gasteiger partial charge is 0.481 e. The van der Waals surface area contributed by atoms with Crippen molar-refractivity contribution >= 4 is 5.97 Å². The van der Waals surface area contributed by atoms with Crippen molar-refractivity contribution in [3.63, 3.8) is 0 Å². The number of unbranched alkanes of at least 4 members (excludes halogenated alkanes) is 8. The molecule has 0 bridgehead atoms. The molecule has 2 fully saturated rings. The highest BCUT2D eigenvalue weighted by molar-refractivity contribution is 5.66. The van der Waals surface area contributed by atoms with Gasteiger partial charge in [0.15, 0.2) is 6.29 Å². The van der Waals surface area contributed by atoms with Crippen molar-refractivity contribution in [1.29, 1.82) is 0 Å². The molecule has 41 heavy (non-hydrogen) atoms. The molecule has 2 heterocycles. The standard InChI is InChI=1S/C29H52O12/c1-18(14-12-10-8-6-4-2-3-5-7-9-11-13-15-21(32)33)27-28(25(37)23(35)19(16-30)39-27)41-29-26(38)24(36)22(34)20(17-31)40-29/h2,4,18-20,22-31,34-38H,3,5-17H2,1H3,(H,32,33)/b4-2-. The van der Waals surface area contributed by atoms with E-state index in [2.05, 4.69) is 12.2 Å². The number of allylic oxidation sites excluding steroid dienone is 2. The highest BCUT2D eigenvalue weighted by Gasteiger charge is 2.51. The Morgan fingerprint density at radius 2 is 1.27 bits per heavy atom. The number of aliphatic carboxylic acids is 1. The predicted octanol–water partition coefficient (Wildman–Crippen LogP) is 0.611. The van der Waals surface area contributed by atoms with E-state index in [0.29, 0.717) is 6.42 Å². The number of hydrogen-bond acceptors (Lipinski definition) is 11. The van der Waals surface area contributed by atoms with Crippen LogP contribution >= 0.6 is 0 Å². The molecule has 0 spiro atoms. The first-order chi connectivity index (χ1) is 19.6. The molecule has 0 saturated carbocycles. The number of hydrogen-bond donors (Lipinski definition) is 8. The first-order valence-electron chi connectivity index (χ1n) is 15.1. The number of aliphatic hydroxyl groups is 7. The van der Waals surface area contributed by atoms with Crippen LogP contribution in [0.4, 0.5) is 0 Å². The van der Waals surface area contributed by atoms with Gasteiger partial charge in [0.2, 0.25) is 0 Å². The molecule has 0 aromatic heterocycles. The summed E-state index contributed by atoms with van der Waals surface area (Å²) in [5.74, 6) is -0.893. The second-order valence-electron chi connectivity index (χ2n) is 11.4. The lowest BCUT2D eigenvalue weighted by molar-refractivity contribution is -0.344. The molecule has 11 unspecified atom stereocenters. The quantitative estimate of drug-likeness (QED) is 0.0767. The molecule has 8 N–H and O–H groups in total. The Kier molecular flexibility index (Phi) is 16.8. The van der Waals surface area contributed by atoms with Crippen molar-refractivity contribution in [2.75, 3.05) is 13.2 Å². The number of aliphatic hydroxyl groups excluding tert-OH is 7. The molecule has 0 radical (unpaired) electrons. The van der Waals surface area contributed by atoms with Crippen LogP contribution in [0.3, 0.4) is 0 Å². The third kappa shape index (κ3) is 11.4. The summed E-state index contributed by atoms with van der Waals surface area (Å²) in [4.78, 5) is 10.5. The van der Waals surface area contributed by atoms with Crippen LogP contribution in [-0.4, -0.2) is 121 Å². The van der Waals surface area contributed by atoms with Gasteiger partial charge in [-0.1, -0.05) is 51.2 Å². The zero-order valence-corrected chi connectivity index (χ0v) is 24.1. The molecule has 2 saturated heterocycles. The van der Waals surface area contributed by atoms with E-state index in [4.69, 9.17) is 19.3 Å². The van der Waals surface area contributed by atoms with E-state index >= 15 is 0 Å². The normalized spacial score (nSPS) is 35.1. The van der Waals surface area contributed by atoms with Crippen molar-refractivity contribution in [2.24, 2.45) is 5.92 Å². The van der Waals surface area contributed by atoms with Gasteiger partial charge in [0.25, 0.3) is 0 Å². The summed E-state index contributed by atoms with van der Waals surface area (Å²) in [6, 6.07) is 0. The topological polar surface area (TPSA) is 207 Å². The molecule has 0 aromatic rings. The molecule has 0 amide bonds. The SMILES string of the molecule is CC(CCCCC/C=C\CCCCCCCC(=O)O)C1OC(CO)C(O)C(O)C1OC1OC(CO)C(O)C(O)C1O. The molecule has 0 aromatic carbocycles. The minimum Gasteiger partial charge on any atom is -0.481 e. The minimum absolute atomic E-state index is 0.160. The van der Waals surface area contributed by atoms with Crippen LogP contribution in [0.1, 0.15) is 84.0 Å². The average molecular weight is 593 g/mol. The summed E-state index contributed by atoms with van der Waals surface area (Å²) in [5.41, 5.74) is 0. The van der Waals surface area contributed by atoms with Gasteiger partial charge < -0.3 is 55.1 Å². The summed E-state index contributed by atoms with van der Waals surface area (Å²) in [6.45, 7) is 0.773. The number of carbonyl (C=O) groups is 1. The van der Waals surface area contributed by atoms with Gasteiger partial charge >= 0.3 is 5.97 Å². The van der Waals surface area contributed by atoms with Crippen LogP contribution in [0.15, 0.2) is 12.2 Å². The summed E-state index contributed by atoms with van der Waals surface area (Å²) < 4.78 is 17.2. The van der Waals surface area contributed by atoms with Crippen molar-refractivity contribution in [1.82, 2.24) is 0 Å². The molecule has 11 atom stereocenters. The van der Waals surface area contributed by atoms with Gasteiger partial charge in [-0.2, -0.15) is 0 Å². The molecule has 12 heteroatoms. The number of carboxylic acid groups (broad SMARTS) is 1. The maximum atomic E-state index is 10.8. The van der Waals surface area contributed by atoms with E-state index in [0.717, 1.165) is 64.2 Å². The van der Waals surface area contributed by atoms with Crippen molar-refractivity contribution in [2.45, 2.75) is 145 Å². The van der Waals surface area contributed by atoms with Gasteiger partial charge in [0, 0.05) is 6.42 Å². The molecule has 240 valence electrons. The Balaban J connectivity index is 1.78. The molecular weight excluding hydrogens is 540 g/mol. The lowest BCUT2D eigenvalue weighted by Gasteiger charge is -2.47.